The van der Waals surface area contributed by atoms with Crippen LogP contribution in [0, 0.1) is 13.8 Å². The van der Waals surface area contributed by atoms with E-state index in [0.29, 0.717) is 24.3 Å². The van der Waals surface area contributed by atoms with Crippen LogP contribution in [0.3, 0.4) is 0 Å². The number of amides is 1. The lowest BCUT2D eigenvalue weighted by atomic mass is 9.76. The fourth-order valence-corrected chi connectivity index (χ4v) is 4.82. The van der Waals surface area contributed by atoms with Gasteiger partial charge in [-0.05, 0) is 56.0 Å². The second kappa shape index (κ2) is 7.98. The summed E-state index contributed by atoms with van der Waals surface area (Å²) in [6.45, 7) is 4.05. The Hall–Kier alpha value is -3.08. The van der Waals surface area contributed by atoms with Crippen molar-refractivity contribution in [3.8, 4) is 11.5 Å². The molecule has 1 amide bonds. The standard InChI is InChI=1S/C25H27NO4/c1-15-11-16(2)13-17(12-15)26-20-8-6-9-21(27)24(20)19(14-23(26)28)18-7-5-10-22(29-3)25(18)30-4/h5,7,10-13,19H,6,8-9,14H2,1-4H3. The van der Waals surface area contributed by atoms with Gasteiger partial charge in [0.25, 0.3) is 0 Å². The maximum absolute atomic E-state index is 13.4. The van der Waals surface area contributed by atoms with Gasteiger partial charge in [-0.25, -0.2) is 0 Å². The summed E-state index contributed by atoms with van der Waals surface area (Å²) in [5, 5.41) is 0. The van der Waals surface area contributed by atoms with Gasteiger partial charge in [0.05, 0.1) is 14.2 Å². The lowest BCUT2D eigenvalue weighted by molar-refractivity contribution is -0.119. The van der Waals surface area contributed by atoms with Gasteiger partial charge in [0, 0.05) is 41.3 Å². The highest BCUT2D eigenvalue weighted by Crippen LogP contribution is 2.47. The second-order valence-electron chi connectivity index (χ2n) is 8.05. The quantitative estimate of drug-likeness (QED) is 0.730. The average molecular weight is 405 g/mol. The maximum Gasteiger partial charge on any atom is 0.232 e. The predicted octanol–water partition coefficient (Wildman–Crippen LogP) is 4.85. The number of para-hydroxylation sites is 1. The van der Waals surface area contributed by atoms with E-state index in [1.54, 1.807) is 19.1 Å². The smallest absolute Gasteiger partial charge is 0.232 e. The Bertz CT molecular complexity index is 1030. The first-order chi connectivity index (χ1) is 14.4. The minimum atomic E-state index is -0.326. The monoisotopic (exact) mass is 405 g/mol. The molecule has 2 aliphatic rings. The van der Waals surface area contributed by atoms with Crippen LogP contribution in [0.1, 0.15) is 48.3 Å². The Morgan fingerprint density at radius 2 is 1.70 bits per heavy atom. The van der Waals surface area contributed by atoms with Gasteiger partial charge in [0.1, 0.15) is 0 Å². The molecule has 1 heterocycles. The molecule has 4 rings (SSSR count). The van der Waals surface area contributed by atoms with Crippen molar-refractivity contribution in [1.29, 1.82) is 0 Å². The van der Waals surface area contributed by atoms with Crippen LogP contribution in [0.2, 0.25) is 0 Å². The van der Waals surface area contributed by atoms with Crippen molar-refractivity contribution >= 4 is 17.4 Å². The number of benzene rings is 2. The normalized spacial score (nSPS) is 19.1. The summed E-state index contributed by atoms with van der Waals surface area (Å²) in [4.78, 5) is 28.3. The summed E-state index contributed by atoms with van der Waals surface area (Å²) in [7, 11) is 3.18. The Kier molecular flexibility index (Phi) is 5.37. The Morgan fingerprint density at radius 1 is 0.967 bits per heavy atom. The van der Waals surface area contributed by atoms with E-state index in [1.165, 1.54) is 0 Å². The van der Waals surface area contributed by atoms with Crippen molar-refractivity contribution in [2.45, 2.75) is 45.4 Å². The number of hydrogen-bond acceptors (Lipinski definition) is 4. The number of carbonyl (C=O) groups excluding carboxylic acids is 2. The number of ketones is 1. The molecule has 2 aromatic carbocycles. The highest BCUT2D eigenvalue weighted by Gasteiger charge is 2.41. The first kappa shape index (κ1) is 20.2. The van der Waals surface area contributed by atoms with Crippen LogP contribution in [0.15, 0.2) is 47.7 Å². The van der Waals surface area contributed by atoms with E-state index in [0.717, 1.165) is 40.1 Å². The van der Waals surface area contributed by atoms with Gasteiger partial charge < -0.3 is 9.47 Å². The first-order valence-corrected chi connectivity index (χ1v) is 10.3. The molecule has 0 saturated carbocycles. The lowest BCUT2D eigenvalue weighted by Crippen LogP contribution is -2.40. The number of allylic oxidation sites excluding steroid dienone is 2. The van der Waals surface area contributed by atoms with Crippen molar-refractivity contribution in [1.82, 2.24) is 0 Å². The van der Waals surface area contributed by atoms with Crippen LogP contribution in [-0.4, -0.2) is 25.9 Å². The molecule has 30 heavy (non-hydrogen) atoms. The van der Waals surface area contributed by atoms with Gasteiger partial charge in [0.2, 0.25) is 5.91 Å². The highest BCUT2D eigenvalue weighted by molar-refractivity contribution is 6.07. The van der Waals surface area contributed by atoms with Gasteiger partial charge in [-0.15, -0.1) is 0 Å². The van der Waals surface area contributed by atoms with Crippen molar-refractivity contribution in [2.24, 2.45) is 0 Å². The number of methoxy groups -OCH3 is 2. The van der Waals surface area contributed by atoms with E-state index in [1.807, 2.05) is 44.2 Å². The molecule has 1 aliphatic heterocycles. The van der Waals surface area contributed by atoms with E-state index in [4.69, 9.17) is 9.47 Å². The molecule has 0 spiro atoms. The molecule has 0 saturated heterocycles. The highest BCUT2D eigenvalue weighted by atomic mass is 16.5. The summed E-state index contributed by atoms with van der Waals surface area (Å²) < 4.78 is 11.1. The van der Waals surface area contributed by atoms with E-state index < -0.39 is 0 Å². The number of nitrogens with zero attached hydrogens (tertiary/aromatic N) is 1. The largest absolute Gasteiger partial charge is 0.493 e. The first-order valence-electron chi connectivity index (χ1n) is 10.3. The SMILES string of the molecule is COc1cccc(C2CC(=O)N(c3cc(C)cc(C)c3)C3=C2C(=O)CCC3)c1OC. The third-order valence-corrected chi connectivity index (χ3v) is 5.95. The second-order valence-corrected chi connectivity index (χ2v) is 8.05. The zero-order valence-electron chi connectivity index (χ0n) is 18.0. The molecule has 0 fully saturated rings. The molecule has 0 bridgehead atoms. The summed E-state index contributed by atoms with van der Waals surface area (Å²) in [6.07, 6.45) is 2.20. The summed E-state index contributed by atoms with van der Waals surface area (Å²) in [5.41, 5.74) is 5.44. The van der Waals surface area contributed by atoms with Crippen LogP contribution in [0.5, 0.6) is 11.5 Å². The molecule has 5 heteroatoms. The molecule has 5 nitrogen and oxygen atoms in total. The number of Topliss-reactive ketones (excluding diaryl/α,β-unsaturated/α-hetero) is 1. The molecule has 1 aliphatic carbocycles. The minimum absolute atomic E-state index is 0.00308. The summed E-state index contributed by atoms with van der Waals surface area (Å²) in [5.74, 6) is 0.983. The molecular weight excluding hydrogens is 378 g/mol. The zero-order chi connectivity index (χ0) is 21.4. The van der Waals surface area contributed by atoms with Crippen LogP contribution in [-0.2, 0) is 9.59 Å². The molecule has 156 valence electrons. The van der Waals surface area contributed by atoms with E-state index in [9.17, 15) is 9.59 Å². The third-order valence-electron chi connectivity index (χ3n) is 5.95. The number of hydrogen-bond donors (Lipinski definition) is 0. The molecular formula is C25H27NO4. The lowest BCUT2D eigenvalue weighted by Gasteiger charge is -2.39. The van der Waals surface area contributed by atoms with Crippen molar-refractivity contribution in [3.05, 3.63) is 64.4 Å². The van der Waals surface area contributed by atoms with E-state index >= 15 is 0 Å². The van der Waals surface area contributed by atoms with Gasteiger partial charge in [-0.3, -0.25) is 14.5 Å². The Morgan fingerprint density at radius 3 is 2.37 bits per heavy atom. The van der Waals surface area contributed by atoms with Gasteiger partial charge in [-0.2, -0.15) is 0 Å². The van der Waals surface area contributed by atoms with E-state index in [2.05, 4.69) is 6.07 Å². The number of rotatable bonds is 4. The fourth-order valence-electron chi connectivity index (χ4n) is 4.82. The van der Waals surface area contributed by atoms with Gasteiger partial charge in [-0.1, -0.05) is 18.2 Å². The van der Waals surface area contributed by atoms with Crippen LogP contribution >= 0.6 is 0 Å². The molecule has 1 unspecified atom stereocenters. The fraction of sp³-hybridized carbons (Fsp3) is 0.360. The molecule has 0 N–H and O–H groups in total. The molecule has 0 aromatic heterocycles. The number of ether oxygens (including phenoxy) is 2. The van der Waals surface area contributed by atoms with Crippen molar-refractivity contribution < 1.29 is 19.1 Å². The summed E-state index contributed by atoms with van der Waals surface area (Å²) in [6, 6.07) is 11.8. The van der Waals surface area contributed by atoms with Gasteiger partial charge in [0.15, 0.2) is 17.3 Å². The predicted molar refractivity (Wildman–Crippen MR) is 116 cm³/mol. The molecule has 2 aromatic rings. The number of aryl methyl sites for hydroxylation is 2. The Labute approximate surface area is 177 Å². The molecule has 0 radical (unpaired) electrons. The van der Waals surface area contributed by atoms with Crippen LogP contribution in [0.25, 0.3) is 0 Å². The molecule has 1 atom stereocenters. The number of anilines is 1. The van der Waals surface area contributed by atoms with E-state index in [-0.39, 0.29) is 24.0 Å². The average Bonchev–Trinajstić information content (AvgIpc) is 2.71. The summed E-state index contributed by atoms with van der Waals surface area (Å²) >= 11 is 0. The van der Waals surface area contributed by atoms with Crippen LogP contribution < -0.4 is 14.4 Å². The van der Waals surface area contributed by atoms with Crippen molar-refractivity contribution in [3.63, 3.8) is 0 Å². The zero-order valence-corrected chi connectivity index (χ0v) is 18.0. The Balaban J connectivity index is 1.91. The topological polar surface area (TPSA) is 55.8 Å². The maximum atomic E-state index is 13.4. The van der Waals surface area contributed by atoms with Crippen molar-refractivity contribution in [2.75, 3.05) is 19.1 Å². The van der Waals surface area contributed by atoms with Crippen LogP contribution in [0.4, 0.5) is 5.69 Å². The van der Waals surface area contributed by atoms with Gasteiger partial charge >= 0.3 is 0 Å². The minimum Gasteiger partial charge on any atom is -0.493 e. The third kappa shape index (κ3) is 3.38. The number of carbonyl (C=O) groups is 2.